The minimum Gasteiger partial charge on any atom is -0.0511 e. The largest absolute Gasteiger partial charge is 0.0511 e. The zero-order valence-corrected chi connectivity index (χ0v) is 5.15. The lowest BCUT2D eigenvalue weighted by atomic mass is 10.1. The molecule has 0 nitrogen and oxygen atoms in total. The third-order valence-electron chi connectivity index (χ3n) is 1.26. The first-order chi connectivity index (χ1) is 3.80. The van der Waals surface area contributed by atoms with Crippen LogP contribution in [0.4, 0.5) is 0 Å². The molecule has 0 heterocycles. The molecule has 1 aromatic carbocycles. The van der Waals surface area contributed by atoms with Gasteiger partial charge in [0.2, 0.25) is 0 Å². The van der Waals surface area contributed by atoms with Crippen LogP contribution in [0.5, 0.6) is 0 Å². The van der Waals surface area contributed by atoms with Gasteiger partial charge in [-0.1, -0.05) is 6.07 Å². The molecule has 0 atom stereocenters. The first-order valence-corrected chi connectivity index (χ1v) is 2.65. The van der Waals surface area contributed by atoms with E-state index >= 15 is 0 Å². The van der Waals surface area contributed by atoms with Crippen molar-refractivity contribution < 1.29 is 0 Å². The van der Waals surface area contributed by atoms with Crippen molar-refractivity contribution in [1.82, 2.24) is 0 Å². The third kappa shape index (κ3) is 0.890. The van der Waals surface area contributed by atoms with Crippen molar-refractivity contribution >= 4 is 0 Å². The van der Waals surface area contributed by atoms with Gasteiger partial charge in [0.1, 0.15) is 0 Å². The second-order valence-corrected chi connectivity index (χ2v) is 1.91. The first kappa shape index (κ1) is 5.36. The molecule has 1 rings (SSSR count). The molecule has 0 aromatic heterocycles. The van der Waals surface area contributed by atoms with Gasteiger partial charge >= 0.3 is 0 Å². The van der Waals surface area contributed by atoms with Crippen molar-refractivity contribution in [2.24, 2.45) is 0 Å². The molecule has 8 heavy (non-hydrogen) atoms. The Labute approximate surface area is 50.2 Å². The topological polar surface area (TPSA) is 0 Å². The van der Waals surface area contributed by atoms with Gasteiger partial charge in [-0.2, -0.15) is 0 Å². The van der Waals surface area contributed by atoms with Crippen LogP contribution in [0.1, 0.15) is 11.1 Å². The lowest BCUT2D eigenvalue weighted by Gasteiger charge is -1.92. The van der Waals surface area contributed by atoms with E-state index in [1.807, 2.05) is 19.1 Å². The van der Waals surface area contributed by atoms with Crippen molar-refractivity contribution in [2.45, 2.75) is 13.8 Å². The maximum absolute atomic E-state index is 3.04. The Morgan fingerprint density at radius 1 is 1.38 bits per heavy atom. The number of hydrogen-bond acceptors (Lipinski definition) is 0. The van der Waals surface area contributed by atoms with Gasteiger partial charge in [-0.3, -0.25) is 0 Å². The summed E-state index contributed by atoms with van der Waals surface area (Å²) in [4.78, 5) is 0. The molecule has 0 unspecified atom stereocenters. The van der Waals surface area contributed by atoms with E-state index < -0.39 is 0 Å². The van der Waals surface area contributed by atoms with Gasteiger partial charge in [0.15, 0.2) is 0 Å². The molecule has 2 radical (unpaired) electrons. The molecule has 0 N–H and O–H groups in total. The van der Waals surface area contributed by atoms with Crippen LogP contribution in [0.2, 0.25) is 0 Å². The molecule has 0 saturated carbocycles. The zero-order valence-electron chi connectivity index (χ0n) is 5.15. The summed E-state index contributed by atoms with van der Waals surface area (Å²) in [5, 5.41) is 0. The summed E-state index contributed by atoms with van der Waals surface area (Å²) >= 11 is 0. The van der Waals surface area contributed by atoms with Crippen molar-refractivity contribution in [3.63, 3.8) is 0 Å². The summed E-state index contributed by atoms with van der Waals surface area (Å²) < 4.78 is 0. The highest BCUT2D eigenvalue weighted by Crippen LogP contribution is 2.01. The van der Waals surface area contributed by atoms with E-state index in [1.165, 1.54) is 11.1 Å². The van der Waals surface area contributed by atoms with E-state index in [2.05, 4.69) is 19.1 Å². The molecule has 0 spiro atoms. The van der Waals surface area contributed by atoms with Crippen LogP contribution >= 0.6 is 0 Å². The van der Waals surface area contributed by atoms with Crippen molar-refractivity contribution in [1.29, 1.82) is 0 Å². The van der Waals surface area contributed by atoms with Crippen LogP contribution in [0.25, 0.3) is 0 Å². The van der Waals surface area contributed by atoms with E-state index in [0.717, 1.165) is 0 Å². The van der Waals surface area contributed by atoms with Gasteiger partial charge in [0.25, 0.3) is 0 Å². The Bertz CT molecular complexity index is 156. The van der Waals surface area contributed by atoms with Crippen molar-refractivity contribution in [3.8, 4) is 0 Å². The van der Waals surface area contributed by atoms with Gasteiger partial charge in [-0.25, -0.2) is 0 Å². The Morgan fingerprint density at radius 2 is 2.12 bits per heavy atom. The molecule has 40 valence electrons. The highest BCUT2D eigenvalue weighted by atomic mass is 13.9. The molecular weight excluding hydrogens is 96.1 g/mol. The highest BCUT2D eigenvalue weighted by Gasteiger charge is 1.85. The van der Waals surface area contributed by atoms with E-state index in [9.17, 15) is 0 Å². The van der Waals surface area contributed by atoms with Crippen molar-refractivity contribution in [3.05, 3.63) is 35.4 Å². The molecule has 0 saturated heterocycles. The van der Waals surface area contributed by atoms with E-state index in [0.29, 0.717) is 0 Å². The Kier molecular flexibility index (Phi) is 1.34. The molecule has 0 aliphatic carbocycles. The summed E-state index contributed by atoms with van der Waals surface area (Å²) in [6.45, 7) is 4.10. The van der Waals surface area contributed by atoms with E-state index in [1.54, 1.807) is 0 Å². The van der Waals surface area contributed by atoms with Crippen LogP contribution in [-0.4, -0.2) is 0 Å². The van der Waals surface area contributed by atoms with E-state index in [4.69, 9.17) is 0 Å². The number of benzene rings is 1. The number of hydrogen-bond donors (Lipinski definition) is 0. The molecular formula is C8H8. The smallest absolute Gasteiger partial charge is 0.0143 e. The lowest BCUT2D eigenvalue weighted by Crippen LogP contribution is -1.76. The number of aryl methyl sites for hydroxylation is 2. The van der Waals surface area contributed by atoms with Crippen LogP contribution in [0.3, 0.4) is 0 Å². The number of rotatable bonds is 0. The first-order valence-electron chi connectivity index (χ1n) is 2.65. The maximum atomic E-state index is 3.04. The standard InChI is InChI=1S/C8H8/c1-7-5-3-4-6-8(7)2/h3,6H,1-2H3. The average molecular weight is 104 g/mol. The van der Waals surface area contributed by atoms with Crippen LogP contribution in [0.15, 0.2) is 12.1 Å². The predicted octanol–water partition coefficient (Wildman–Crippen LogP) is 1.90. The average Bonchev–Trinajstić information content (AvgIpc) is 1.77. The van der Waals surface area contributed by atoms with Crippen LogP contribution in [-0.2, 0) is 0 Å². The van der Waals surface area contributed by atoms with Gasteiger partial charge < -0.3 is 0 Å². The molecule has 0 heteroatoms. The third-order valence-corrected chi connectivity index (χ3v) is 1.26. The quantitative estimate of drug-likeness (QED) is 0.471. The van der Waals surface area contributed by atoms with Crippen LogP contribution in [0, 0.1) is 26.0 Å². The SMILES string of the molecule is Cc1[c]c[c]cc1C. The van der Waals surface area contributed by atoms with Gasteiger partial charge in [-0.15, -0.1) is 0 Å². The highest BCUT2D eigenvalue weighted by molar-refractivity contribution is 5.21. The molecule has 0 aliphatic heterocycles. The zero-order chi connectivity index (χ0) is 5.98. The Balaban J connectivity index is 3.13. The summed E-state index contributed by atoms with van der Waals surface area (Å²) in [6, 6.07) is 9.76. The molecule has 0 bridgehead atoms. The minimum absolute atomic E-state index is 1.21. The fourth-order valence-electron chi connectivity index (χ4n) is 0.539. The lowest BCUT2D eigenvalue weighted by molar-refractivity contribution is 1.33. The summed E-state index contributed by atoms with van der Waals surface area (Å²) in [5.74, 6) is 0. The summed E-state index contributed by atoms with van der Waals surface area (Å²) in [6.07, 6.45) is 0. The fourth-order valence-corrected chi connectivity index (χ4v) is 0.539. The Hall–Kier alpha value is -0.780. The Morgan fingerprint density at radius 3 is 2.50 bits per heavy atom. The van der Waals surface area contributed by atoms with Crippen LogP contribution < -0.4 is 0 Å². The second kappa shape index (κ2) is 1.99. The fraction of sp³-hybridized carbons (Fsp3) is 0.250. The van der Waals surface area contributed by atoms with E-state index in [-0.39, 0.29) is 0 Å². The van der Waals surface area contributed by atoms with Crippen molar-refractivity contribution in [2.75, 3.05) is 0 Å². The predicted molar refractivity (Wildman–Crippen MR) is 33.6 cm³/mol. The maximum Gasteiger partial charge on any atom is -0.0143 e. The minimum atomic E-state index is 1.21. The summed E-state index contributed by atoms with van der Waals surface area (Å²) in [5.41, 5.74) is 2.47. The molecule has 0 aliphatic rings. The summed E-state index contributed by atoms with van der Waals surface area (Å²) in [7, 11) is 0. The van der Waals surface area contributed by atoms with Gasteiger partial charge in [0, 0.05) is 0 Å². The van der Waals surface area contributed by atoms with Gasteiger partial charge in [-0.05, 0) is 43.2 Å². The molecule has 1 aromatic rings. The molecule has 0 fully saturated rings. The second-order valence-electron chi connectivity index (χ2n) is 1.91. The van der Waals surface area contributed by atoms with Gasteiger partial charge in [0.05, 0.1) is 0 Å². The normalized spacial score (nSPS) is 9.25. The monoisotopic (exact) mass is 104 g/mol. The molecule has 0 amide bonds.